The highest BCUT2D eigenvalue weighted by Crippen LogP contribution is 2.20. The summed E-state index contributed by atoms with van der Waals surface area (Å²) in [5, 5.41) is 3.95. The van der Waals surface area contributed by atoms with Crippen LogP contribution < -0.4 is 10.1 Å². The highest BCUT2D eigenvalue weighted by Gasteiger charge is 2.14. The van der Waals surface area contributed by atoms with Crippen LogP contribution in [0.15, 0.2) is 71.3 Å². The summed E-state index contributed by atoms with van der Waals surface area (Å²) in [6.45, 7) is 5.68. The van der Waals surface area contributed by atoms with Gasteiger partial charge < -0.3 is 19.4 Å². The van der Waals surface area contributed by atoms with Gasteiger partial charge in [0.25, 0.3) is 0 Å². The molecule has 0 saturated heterocycles. The van der Waals surface area contributed by atoms with Gasteiger partial charge in [0.15, 0.2) is 5.11 Å². The van der Waals surface area contributed by atoms with Crippen LogP contribution >= 0.6 is 12.2 Å². The molecule has 0 spiro atoms. The number of benzene rings is 2. The summed E-state index contributed by atoms with van der Waals surface area (Å²) in [5.41, 5.74) is 3.42. The molecule has 3 aromatic rings. The van der Waals surface area contributed by atoms with Gasteiger partial charge in [0.05, 0.1) is 19.9 Å². The predicted molar refractivity (Wildman–Crippen MR) is 118 cm³/mol. The maximum Gasteiger partial charge on any atom is 0.174 e. The molecule has 0 atom stereocenters. The average Bonchev–Trinajstić information content (AvgIpc) is 3.21. The van der Waals surface area contributed by atoms with E-state index in [1.54, 1.807) is 13.4 Å². The van der Waals surface area contributed by atoms with E-state index in [9.17, 15) is 0 Å². The van der Waals surface area contributed by atoms with Crippen LogP contribution in [0.25, 0.3) is 0 Å². The predicted octanol–water partition coefficient (Wildman–Crippen LogP) is 5.81. The summed E-state index contributed by atoms with van der Waals surface area (Å²) in [6.07, 6.45) is 1.68. The highest BCUT2D eigenvalue weighted by atomic mass is 32.1. The van der Waals surface area contributed by atoms with Gasteiger partial charge >= 0.3 is 0 Å². The Balaban J connectivity index is 1.76. The van der Waals surface area contributed by atoms with Gasteiger partial charge in [-0.25, -0.2) is 0 Å². The van der Waals surface area contributed by atoms with Gasteiger partial charge in [0.2, 0.25) is 0 Å². The minimum atomic E-state index is 0.518. The van der Waals surface area contributed by atoms with Crippen molar-refractivity contribution in [1.82, 2.24) is 4.90 Å². The molecule has 0 aliphatic rings. The first-order valence-corrected chi connectivity index (χ1v) is 9.77. The first kappa shape index (κ1) is 20.0. The molecule has 1 N–H and O–H groups in total. The van der Waals surface area contributed by atoms with Crippen molar-refractivity contribution < 1.29 is 9.15 Å². The topological polar surface area (TPSA) is 37.6 Å². The molecule has 0 amide bonds. The molecule has 0 aliphatic heterocycles. The number of nitrogens with one attached hydrogen (secondary N) is 1. The number of thiocarbonyl (C=S) groups is 1. The van der Waals surface area contributed by atoms with Gasteiger partial charge in [-0.15, -0.1) is 0 Å². The van der Waals surface area contributed by atoms with E-state index in [2.05, 4.69) is 48.3 Å². The molecule has 1 aromatic heterocycles. The molecule has 146 valence electrons. The zero-order chi connectivity index (χ0) is 19.9. The van der Waals surface area contributed by atoms with Crippen molar-refractivity contribution >= 4 is 23.0 Å². The second kappa shape index (κ2) is 9.42. The third kappa shape index (κ3) is 5.36. The Labute approximate surface area is 172 Å². The van der Waals surface area contributed by atoms with Crippen LogP contribution in [0.3, 0.4) is 0 Å². The zero-order valence-corrected chi connectivity index (χ0v) is 17.3. The lowest BCUT2D eigenvalue weighted by Gasteiger charge is -2.25. The van der Waals surface area contributed by atoms with Crippen molar-refractivity contribution in [2.24, 2.45) is 0 Å². The Morgan fingerprint density at radius 1 is 1.07 bits per heavy atom. The van der Waals surface area contributed by atoms with Crippen molar-refractivity contribution in [3.63, 3.8) is 0 Å². The van der Waals surface area contributed by atoms with Gasteiger partial charge in [0, 0.05) is 18.3 Å². The van der Waals surface area contributed by atoms with E-state index in [1.165, 1.54) is 11.1 Å². The molecule has 0 radical (unpaired) electrons. The fourth-order valence-electron chi connectivity index (χ4n) is 2.92. The Kier molecular flexibility index (Phi) is 6.71. The molecule has 0 bridgehead atoms. The number of methoxy groups -OCH3 is 1. The summed E-state index contributed by atoms with van der Waals surface area (Å²) in [6, 6.07) is 20.3. The smallest absolute Gasteiger partial charge is 0.174 e. The first-order valence-electron chi connectivity index (χ1n) is 9.36. The van der Waals surface area contributed by atoms with Crippen LogP contribution in [0.2, 0.25) is 0 Å². The fourth-order valence-corrected chi connectivity index (χ4v) is 3.17. The summed E-state index contributed by atoms with van der Waals surface area (Å²) in [5.74, 6) is 2.17. The van der Waals surface area contributed by atoms with Gasteiger partial charge in [-0.05, 0) is 53.5 Å². The first-order chi connectivity index (χ1) is 13.5. The standard InChI is InChI=1S/C23H26N2O2S/c1-17(2)19-11-9-18(10-12-19)15-25(16-22-8-5-13-27-22)23(28)24-20-6-4-7-21(14-20)26-3/h4-14,17H,15-16H2,1-3H3,(H,24,28). The Bertz CT molecular complexity index is 889. The molecular weight excluding hydrogens is 368 g/mol. The van der Waals surface area contributed by atoms with Crippen LogP contribution in [0.5, 0.6) is 5.75 Å². The zero-order valence-electron chi connectivity index (χ0n) is 16.5. The Morgan fingerprint density at radius 3 is 2.50 bits per heavy atom. The van der Waals surface area contributed by atoms with Crippen LogP contribution in [0.4, 0.5) is 5.69 Å². The van der Waals surface area contributed by atoms with Gasteiger partial charge in [-0.2, -0.15) is 0 Å². The van der Waals surface area contributed by atoms with Gasteiger partial charge in [-0.1, -0.05) is 44.2 Å². The third-order valence-corrected chi connectivity index (χ3v) is 4.92. The van der Waals surface area contributed by atoms with Crippen molar-refractivity contribution in [2.45, 2.75) is 32.9 Å². The molecule has 1 heterocycles. The second-order valence-corrected chi connectivity index (χ2v) is 7.38. The third-order valence-electron chi connectivity index (χ3n) is 4.55. The van der Waals surface area contributed by atoms with E-state index >= 15 is 0 Å². The molecule has 2 aromatic carbocycles. The van der Waals surface area contributed by atoms with Crippen molar-refractivity contribution in [3.05, 3.63) is 83.8 Å². The van der Waals surface area contributed by atoms with E-state index in [4.69, 9.17) is 21.4 Å². The Morgan fingerprint density at radius 2 is 1.86 bits per heavy atom. The van der Waals surface area contributed by atoms with E-state index < -0.39 is 0 Å². The molecule has 5 heteroatoms. The fraction of sp³-hybridized carbons (Fsp3) is 0.261. The average molecular weight is 395 g/mol. The number of anilines is 1. The van der Waals surface area contributed by atoms with E-state index in [-0.39, 0.29) is 0 Å². The lowest BCUT2D eigenvalue weighted by molar-refractivity contribution is 0.360. The normalized spacial score (nSPS) is 10.7. The van der Waals surface area contributed by atoms with Crippen LogP contribution in [0, 0.1) is 0 Å². The van der Waals surface area contributed by atoms with Crippen molar-refractivity contribution in [2.75, 3.05) is 12.4 Å². The monoisotopic (exact) mass is 394 g/mol. The number of hydrogen-bond acceptors (Lipinski definition) is 3. The number of rotatable bonds is 7. The lowest BCUT2D eigenvalue weighted by atomic mass is 10.0. The molecule has 0 aliphatic carbocycles. The van der Waals surface area contributed by atoms with Crippen molar-refractivity contribution in [3.8, 4) is 5.75 Å². The maximum absolute atomic E-state index is 5.71. The molecule has 0 saturated carbocycles. The van der Waals surface area contributed by atoms with E-state index in [0.717, 1.165) is 17.2 Å². The number of nitrogens with zero attached hydrogens (tertiary/aromatic N) is 1. The molecule has 0 fully saturated rings. The molecule has 4 nitrogen and oxygen atoms in total. The number of furan rings is 1. The Hall–Kier alpha value is -2.79. The minimum absolute atomic E-state index is 0.518. The largest absolute Gasteiger partial charge is 0.497 e. The summed E-state index contributed by atoms with van der Waals surface area (Å²) < 4.78 is 10.8. The van der Waals surface area contributed by atoms with Crippen LogP contribution in [0.1, 0.15) is 36.7 Å². The second-order valence-electron chi connectivity index (χ2n) is 6.99. The lowest BCUT2D eigenvalue weighted by Crippen LogP contribution is -2.33. The highest BCUT2D eigenvalue weighted by molar-refractivity contribution is 7.80. The van der Waals surface area contributed by atoms with Gasteiger partial charge in [-0.3, -0.25) is 0 Å². The van der Waals surface area contributed by atoms with Crippen LogP contribution in [-0.2, 0) is 13.1 Å². The number of ether oxygens (including phenoxy) is 1. The van der Waals surface area contributed by atoms with E-state index in [1.807, 2.05) is 36.4 Å². The molecule has 28 heavy (non-hydrogen) atoms. The van der Waals surface area contributed by atoms with Crippen molar-refractivity contribution in [1.29, 1.82) is 0 Å². The molecule has 0 unspecified atom stereocenters. The maximum atomic E-state index is 5.71. The van der Waals surface area contributed by atoms with Crippen LogP contribution in [-0.4, -0.2) is 17.1 Å². The SMILES string of the molecule is COc1cccc(NC(=S)N(Cc2ccc(C(C)C)cc2)Cc2ccco2)c1. The quantitative estimate of drug-likeness (QED) is 0.512. The summed E-state index contributed by atoms with van der Waals surface area (Å²) in [4.78, 5) is 2.10. The minimum Gasteiger partial charge on any atom is -0.497 e. The molecule has 3 rings (SSSR count). The van der Waals surface area contributed by atoms with Gasteiger partial charge in [0.1, 0.15) is 11.5 Å². The van der Waals surface area contributed by atoms with E-state index in [0.29, 0.717) is 24.1 Å². The summed E-state index contributed by atoms with van der Waals surface area (Å²) >= 11 is 5.71. The molecular formula is C23H26N2O2S. The number of hydrogen-bond donors (Lipinski definition) is 1. The summed E-state index contributed by atoms with van der Waals surface area (Å²) in [7, 11) is 1.65.